The number of rotatable bonds is 2. The molecular weight excluding hydrogens is 228 g/mol. The molecule has 2 rings (SSSR count). The second-order valence-electron chi connectivity index (χ2n) is 5.11. The summed E-state index contributed by atoms with van der Waals surface area (Å²) in [5, 5.41) is 9.15. The number of hydrogen-bond acceptors (Lipinski definition) is 5. The Morgan fingerprint density at radius 2 is 2.00 bits per heavy atom. The highest BCUT2D eigenvalue weighted by Gasteiger charge is 2.37. The number of nitrogens with zero attached hydrogens (tertiary/aromatic N) is 1. The van der Waals surface area contributed by atoms with Crippen LogP contribution in [0.15, 0.2) is 0 Å². The van der Waals surface area contributed by atoms with Gasteiger partial charge in [0.05, 0.1) is 18.1 Å². The fraction of sp³-hybridized carbons (Fsp3) is 1.00. The lowest BCUT2D eigenvalue weighted by atomic mass is 9.89. The molecule has 0 aliphatic carbocycles. The molecule has 0 saturated carbocycles. The number of nitrogens with two attached hydrogens (primary N) is 1. The van der Waals surface area contributed by atoms with Crippen LogP contribution in [0.1, 0.15) is 19.3 Å². The van der Waals surface area contributed by atoms with Gasteiger partial charge in [-0.25, -0.2) is 8.42 Å². The van der Waals surface area contributed by atoms with Gasteiger partial charge in [0.25, 0.3) is 0 Å². The average molecular weight is 248 g/mol. The second kappa shape index (κ2) is 4.25. The topological polar surface area (TPSA) is 83.6 Å². The molecule has 6 heteroatoms. The van der Waals surface area contributed by atoms with Gasteiger partial charge in [0.2, 0.25) is 0 Å². The normalized spacial score (nSPS) is 34.0. The summed E-state index contributed by atoms with van der Waals surface area (Å²) in [6.45, 7) is 1.62. The van der Waals surface area contributed by atoms with Crippen molar-refractivity contribution < 1.29 is 13.5 Å². The van der Waals surface area contributed by atoms with Crippen LogP contribution in [0, 0.1) is 0 Å². The van der Waals surface area contributed by atoms with Crippen molar-refractivity contribution in [2.45, 2.75) is 30.8 Å². The van der Waals surface area contributed by atoms with Crippen molar-refractivity contribution in [1.82, 2.24) is 4.90 Å². The van der Waals surface area contributed by atoms with Crippen LogP contribution in [-0.4, -0.2) is 61.2 Å². The molecule has 1 atom stereocenters. The molecule has 0 radical (unpaired) electrons. The molecule has 2 fully saturated rings. The standard InChI is InChI=1S/C10H20N2O3S/c11-10(8-13)2-4-12(5-3-10)9-1-6-16(14,15)7-9/h9,13H,1-8,11H2. The average Bonchev–Trinajstić information content (AvgIpc) is 2.60. The maximum Gasteiger partial charge on any atom is 0.151 e. The maximum absolute atomic E-state index is 11.4. The van der Waals surface area contributed by atoms with Crippen LogP contribution in [0.2, 0.25) is 0 Å². The van der Waals surface area contributed by atoms with Gasteiger partial charge >= 0.3 is 0 Å². The second-order valence-corrected chi connectivity index (χ2v) is 7.34. The van der Waals surface area contributed by atoms with Gasteiger partial charge in [-0.05, 0) is 19.3 Å². The Morgan fingerprint density at radius 1 is 1.38 bits per heavy atom. The zero-order valence-electron chi connectivity index (χ0n) is 9.43. The summed E-state index contributed by atoms with van der Waals surface area (Å²) in [7, 11) is -2.80. The molecule has 5 nitrogen and oxygen atoms in total. The SMILES string of the molecule is NC1(CO)CCN(C2CCS(=O)(=O)C2)CC1. The highest BCUT2D eigenvalue weighted by atomic mass is 32.2. The molecule has 0 aromatic carbocycles. The van der Waals surface area contributed by atoms with Crippen molar-refractivity contribution in [3.8, 4) is 0 Å². The van der Waals surface area contributed by atoms with Gasteiger partial charge in [-0.2, -0.15) is 0 Å². The van der Waals surface area contributed by atoms with E-state index in [0.29, 0.717) is 11.5 Å². The molecule has 2 aliphatic heterocycles. The molecule has 0 aromatic heterocycles. The van der Waals surface area contributed by atoms with E-state index in [2.05, 4.69) is 4.90 Å². The third-order valence-corrected chi connectivity index (χ3v) is 5.58. The van der Waals surface area contributed by atoms with Crippen molar-refractivity contribution in [2.75, 3.05) is 31.2 Å². The van der Waals surface area contributed by atoms with Crippen LogP contribution in [0.4, 0.5) is 0 Å². The molecule has 0 amide bonds. The Labute approximate surface area is 96.5 Å². The Hall–Kier alpha value is -0.170. The van der Waals surface area contributed by atoms with E-state index in [4.69, 9.17) is 10.8 Å². The number of sulfone groups is 1. The lowest BCUT2D eigenvalue weighted by Gasteiger charge is -2.40. The van der Waals surface area contributed by atoms with Crippen LogP contribution in [0.5, 0.6) is 0 Å². The van der Waals surface area contributed by atoms with E-state index in [9.17, 15) is 8.42 Å². The highest BCUT2D eigenvalue weighted by Crippen LogP contribution is 2.25. The number of hydrogen-bond donors (Lipinski definition) is 2. The number of aliphatic hydroxyl groups is 1. The van der Waals surface area contributed by atoms with Crippen molar-refractivity contribution in [3.05, 3.63) is 0 Å². The van der Waals surface area contributed by atoms with E-state index >= 15 is 0 Å². The first-order valence-corrected chi connectivity index (χ1v) is 7.60. The van der Waals surface area contributed by atoms with Crippen molar-refractivity contribution in [2.24, 2.45) is 5.73 Å². The van der Waals surface area contributed by atoms with E-state index in [-0.39, 0.29) is 12.6 Å². The van der Waals surface area contributed by atoms with Crippen LogP contribution in [0.25, 0.3) is 0 Å². The molecule has 0 aromatic rings. The monoisotopic (exact) mass is 248 g/mol. The predicted octanol–water partition coefficient (Wildman–Crippen LogP) is -1.04. The van der Waals surface area contributed by atoms with Gasteiger partial charge in [-0.1, -0.05) is 0 Å². The lowest BCUT2D eigenvalue weighted by Crippen LogP contribution is -2.55. The Bertz CT molecular complexity index is 347. The smallest absolute Gasteiger partial charge is 0.151 e. The minimum absolute atomic E-state index is 0.0177. The Kier molecular flexibility index (Phi) is 3.27. The highest BCUT2D eigenvalue weighted by molar-refractivity contribution is 7.91. The third kappa shape index (κ3) is 2.56. The van der Waals surface area contributed by atoms with Gasteiger partial charge in [-0.15, -0.1) is 0 Å². The minimum Gasteiger partial charge on any atom is -0.394 e. The Balaban J connectivity index is 1.91. The molecule has 3 N–H and O–H groups in total. The summed E-state index contributed by atoms with van der Waals surface area (Å²) in [5.41, 5.74) is 5.53. The molecule has 0 spiro atoms. The van der Waals surface area contributed by atoms with Crippen LogP contribution >= 0.6 is 0 Å². The fourth-order valence-electron chi connectivity index (χ4n) is 2.56. The molecule has 1 unspecified atom stereocenters. The zero-order valence-corrected chi connectivity index (χ0v) is 10.2. The van der Waals surface area contributed by atoms with Crippen LogP contribution < -0.4 is 5.73 Å². The summed E-state index contributed by atoms with van der Waals surface area (Å²) in [5.74, 6) is 0.617. The summed E-state index contributed by atoms with van der Waals surface area (Å²) in [4.78, 5) is 2.21. The third-order valence-electron chi connectivity index (χ3n) is 3.83. The first-order chi connectivity index (χ1) is 7.44. The zero-order chi connectivity index (χ0) is 11.8. The summed E-state index contributed by atoms with van der Waals surface area (Å²) in [6.07, 6.45) is 2.25. The van der Waals surface area contributed by atoms with E-state index in [1.54, 1.807) is 0 Å². The van der Waals surface area contributed by atoms with Gasteiger partial charge < -0.3 is 10.8 Å². The van der Waals surface area contributed by atoms with Crippen molar-refractivity contribution >= 4 is 9.84 Å². The molecular formula is C10H20N2O3S. The largest absolute Gasteiger partial charge is 0.394 e. The molecule has 94 valence electrons. The lowest BCUT2D eigenvalue weighted by molar-refractivity contribution is 0.0866. The molecule has 2 heterocycles. The number of piperidine rings is 1. The quantitative estimate of drug-likeness (QED) is 0.652. The van der Waals surface area contributed by atoms with E-state index in [1.165, 1.54) is 0 Å². The number of aliphatic hydroxyl groups excluding tert-OH is 1. The summed E-state index contributed by atoms with van der Waals surface area (Å²) in [6, 6.07) is 0.174. The van der Waals surface area contributed by atoms with E-state index in [1.807, 2.05) is 0 Å². The van der Waals surface area contributed by atoms with E-state index in [0.717, 1.165) is 32.4 Å². The van der Waals surface area contributed by atoms with Crippen LogP contribution in [0.3, 0.4) is 0 Å². The van der Waals surface area contributed by atoms with E-state index < -0.39 is 15.4 Å². The van der Waals surface area contributed by atoms with Gasteiger partial charge in [0.15, 0.2) is 9.84 Å². The van der Waals surface area contributed by atoms with Gasteiger partial charge in [0, 0.05) is 24.7 Å². The maximum atomic E-state index is 11.4. The first kappa shape index (κ1) is 12.3. The van der Waals surface area contributed by atoms with Crippen molar-refractivity contribution in [1.29, 1.82) is 0 Å². The predicted molar refractivity (Wildman–Crippen MR) is 61.9 cm³/mol. The van der Waals surface area contributed by atoms with Gasteiger partial charge in [-0.3, -0.25) is 4.90 Å². The van der Waals surface area contributed by atoms with Crippen LogP contribution in [-0.2, 0) is 9.84 Å². The first-order valence-electron chi connectivity index (χ1n) is 5.78. The summed E-state index contributed by atoms with van der Waals surface area (Å²) < 4.78 is 22.8. The molecule has 0 bridgehead atoms. The fourth-order valence-corrected chi connectivity index (χ4v) is 4.32. The molecule has 2 saturated heterocycles. The minimum atomic E-state index is -2.80. The molecule has 2 aliphatic rings. The number of likely N-dealkylation sites (tertiary alicyclic amines) is 1. The Morgan fingerprint density at radius 3 is 2.44 bits per heavy atom. The van der Waals surface area contributed by atoms with Crippen molar-refractivity contribution in [3.63, 3.8) is 0 Å². The van der Waals surface area contributed by atoms with Gasteiger partial charge in [0.1, 0.15) is 0 Å². The molecule has 16 heavy (non-hydrogen) atoms. The summed E-state index contributed by atoms with van der Waals surface area (Å²) >= 11 is 0.